The van der Waals surface area contributed by atoms with Gasteiger partial charge in [-0.15, -0.1) is 0 Å². The smallest absolute Gasteiger partial charge is 0.326 e. The average molecular weight is 366 g/mol. The molecule has 1 saturated heterocycles. The summed E-state index contributed by atoms with van der Waals surface area (Å²) in [6.45, 7) is -0.892. The van der Waals surface area contributed by atoms with Crippen molar-refractivity contribution in [1.29, 1.82) is 0 Å². The molecule has 27 heavy (non-hydrogen) atoms. The highest BCUT2D eigenvalue weighted by molar-refractivity contribution is 6.09. The van der Waals surface area contributed by atoms with E-state index in [0.717, 1.165) is 15.8 Å². The molecule has 0 unspecified atom stereocenters. The molecule has 1 aromatic heterocycles. The van der Waals surface area contributed by atoms with Crippen LogP contribution in [0.15, 0.2) is 42.6 Å². The minimum absolute atomic E-state index is 0.339. The fourth-order valence-electron chi connectivity index (χ4n) is 3.73. The fraction of sp³-hybridized carbons (Fsp3) is 0.300. The predicted molar refractivity (Wildman–Crippen MR) is 95.7 cm³/mol. The summed E-state index contributed by atoms with van der Waals surface area (Å²) in [6, 6.07) is 7.32. The Labute approximate surface area is 155 Å². The lowest BCUT2D eigenvalue weighted by molar-refractivity contribution is -0.152. The molecule has 0 saturated carbocycles. The normalized spacial score (nSPS) is 21.6. The number of esters is 1. The molecule has 1 N–H and O–H groups in total. The minimum Gasteiger partial charge on any atom is -0.456 e. The van der Waals surface area contributed by atoms with Gasteiger partial charge in [0, 0.05) is 22.7 Å². The molecular formula is C20H18N2O5. The first kappa shape index (κ1) is 17.2. The number of likely N-dealkylation sites (tertiary alicyclic amines) is 1. The minimum atomic E-state index is -0.767. The van der Waals surface area contributed by atoms with Gasteiger partial charge in [-0.2, -0.15) is 0 Å². The zero-order valence-electron chi connectivity index (χ0n) is 14.5. The molecule has 7 heteroatoms. The second kappa shape index (κ2) is 6.83. The number of nitrogens with one attached hydrogen (secondary N) is 1. The number of allylic oxidation sites excluding steroid dienone is 2. The molecule has 2 aromatic rings. The Balaban J connectivity index is 1.37. The molecule has 0 radical (unpaired) electrons. The SMILES string of the molecule is O=C(CN1C(=O)[C@@H]2CC=CC[C@H]2C1=O)OCC(=O)c1c[nH]c2ccccc12. The van der Waals surface area contributed by atoms with Gasteiger partial charge in [-0.1, -0.05) is 30.4 Å². The summed E-state index contributed by atoms with van der Waals surface area (Å²) in [4.78, 5) is 53.1. The Morgan fingerprint density at radius 1 is 1.07 bits per heavy atom. The van der Waals surface area contributed by atoms with Gasteiger partial charge in [-0.25, -0.2) is 0 Å². The van der Waals surface area contributed by atoms with Gasteiger partial charge >= 0.3 is 5.97 Å². The lowest BCUT2D eigenvalue weighted by atomic mass is 9.85. The Morgan fingerprint density at radius 3 is 2.44 bits per heavy atom. The van der Waals surface area contributed by atoms with Crippen LogP contribution in [0.5, 0.6) is 0 Å². The molecule has 1 aromatic carbocycles. The van der Waals surface area contributed by atoms with E-state index in [0.29, 0.717) is 18.4 Å². The number of ketones is 1. The van der Waals surface area contributed by atoms with Crippen LogP contribution in [0.25, 0.3) is 10.9 Å². The van der Waals surface area contributed by atoms with Crippen LogP contribution in [0.3, 0.4) is 0 Å². The van der Waals surface area contributed by atoms with E-state index >= 15 is 0 Å². The number of hydrogen-bond donors (Lipinski definition) is 1. The molecule has 4 rings (SSSR count). The predicted octanol–water partition coefficient (Wildman–Crippen LogP) is 1.84. The summed E-state index contributed by atoms with van der Waals surface area (Å²) in [6.07, 6.45) is 6.37. The molecule has 2 aliphatic rings. The van der Waals surface area contributed by atoms with Crippen molar-refractivity contribution >= 4 is 34.5 Å². The maximum atomic E-state index is 12.3. The zero-order chi connectivity index (χ0) is 19.0. The standard InChI is InChI=1S/C20H18N2O5/c23-17(15-9-21-16-8-4-3-5-12(15)16)11-27-18(24)10-22-19(25)13-6-1-2-7-14(13)20(22)26/h1-5,8-9,13-14,21H,6-7,10-11H2/t13-,14-/m1/s1. The van der Waals surface area contributed by atoms with Crippen molar-refractivity contribution in [3.8, 4) is 0 Å². The molecular weight excluding hydrogens is 348 g/mol. The zero-order valence-corrected chi connectivity index (χ0v) is 14.5. The number of ether oxygens (including phenoxy) is 1. The second-order valence-electron chi connectivity index (χ2n) is 6.75. The number of nitrogens with zero attached hydrogens (tertiary/aromatic N) is 1. The Morgan fingerprint density at radius 2 is 1.74 bits per heavy atom. The number of fused-ring (bicyclic) bond motifs is 2. The Bertz CT molecular complexity index is 948. The van der Waals surface area contributed by atoms with Gasteiger partial charge in [0.2, 0.25) is 17.6 Å². The number of para-hydroxylation sites is 1. The molecule has 1 aliphatic heterocycles. The number of aromatic amines is 1. The maximum absolute atomic E-state index is 12.3. The summed E-state index contributed by atoms with van der Waals surface area (Å²) in [5.41, 5.74) is 1.25. The van der Waals surface area contributed by atoms with Crippen molar-refractivity contribution in [2.45, 2.75) is 12.8 Å². The fourth-order valence-corrected chi connectivity index (χ4v) is 3.73. The van der Waals surface area contributed by atoms with Gasteiger partial charge < -0.3 is 9.72 Å². The average Bonchev–Trinajstić information content (AvgIpc) is 3.22. The van der Waals surface area contributed by atoms with Crippen LogP contribution in [0.4, 0.5) is 0 Å². The van der Waals surface area contributed by atoms with Crippen molar-refractivity contribution in [2.24, 2.45) is 11.8 Å². The first-order chi connectivity index (χ1) is 13.1. The van der Waals surface area contributed by atoms with E-state index in [1.54, 1.807) is 12.3 Å². The van der Waals surface area contributed by atoms with E-state index in [1.165, 1.54) is 0 Å². The van der Waals surface area contributed by atoms with Gasteiger partial charge in [0.25, 0.3) is 0 Å². The summed E-state index contributed by atoms with van der Waals surface area (Å²) < 4.78 is 5.02. The van der Waals surface area contributed by atoms with Crippen LogP contribution >= 0.6 is 0 Å². The van der Waals surface area contributed by atoms with Crippen LogP contribution in [-0.2, 0) is 19.1 Å². The quantitative estimate of drug-likeness (QED) is 0.377. The highest BCUT2D eigenvalue weighted by atomic mass is 16.5. The summed E-state index contributed by atoms with van der Waals surface area (Å²) in [7, 11) is 0. The molecule has 138 valence electrons. The lowest BCUT2D eigenvalue weighted by Crippen LogP contribution is -2.37. The highest BCUT2D eigenvalue weighted by Crippen LogP contribution is 2.34. The summed E-state index contributed by atoms with van der Waals surface area (Å²) >= 11 is 0. The molecule has 0 spiro atoms. The Kier molecular flexibility index (Phi) is 4.35. The van der Waals surface area contributed by atoms with Gasteiger partial charge in [0.1, 0.15) is 6.54 Å². The summed E-state index contributed by atoms with van der Waals surface area (Å²) in [5, 5.41) is 0.750. The number of imide groups is 1. The maximum Gasteiger partial charge on any atom is 0.326 e. The monoisotopic (exact) mass is 366 g/mol. The van der Waals surface area contributed by atoms with Crippen LogP contribution in [0.2, 0.25) is 0 Å². The number of benzene rings is 1. The van der Waals surface area contributed by atoms with Gasteiger partial charge in [0.05, 0.1) is 11.8 Å². The first-order valence-electron chi connectivity index (χ1n) is 8.81. The largest absolute Gasteiger partial charge is 0.456 e. The van der Waals surface area contributed by atoms with E-state index in [9.17, 15) is 19.2 Å². The molecule has 2 amide bonds. The van der Waals surface area contributed by atoms with Crippen LogP contribution in [0, 0.1) is 11.8 Å². The van der Waals surface area contributed by atoms with Crippen molar-refractivity contribution in [3.05, 3.63) is 48.2 Å². The van der Waals surface area contributed by atoms with Crippen molar-refractivity contribution < 1.29 is 23.9 Å². The molecule has 0 bridgehead atoms. The number of rotatable bonds is 5. The van der Waals surface area contributed by atoms with E-state index in [-0.39, 0.29) is 29.4 Å². The van der Waals surface area contributed by atoms with Gasteiger partial charge in [-0.05, 0) is 18.9 Å². The molecule has 1 aliphatic carbocycles. The van der Waals surface area contributed by atoms with E-state index in [4.69, 9.17) is 4.74 Å². The topological polar surface area (TPSA) is 96.5 Å². The van der Waals surface area contributed by atoms with Crippen LogP contribution < -0.4 is 0 Å². The number of carbonyl (C=O) groups excluding carboxylic acids is 4. The first-order valence-corrected chi connectivity index (χ1v) is 8.81. The number of hydrogen-bond acceptors (Lipinski definition) is 5. The number of H-pyrrole nitrogens is 1. The lowest BCUT2D eigenvalue weighted by Gasteiger charge is -2.14. The molecule has 7 nitrogen and oxygen atoms in total. The number of amides is 2. The number of carbonyl (C=O) groups is 4. The third-order valence-corrected chi connectivity index (χ3v) is 5.14. The van der Waals surface area contributed by atoms with E-state index in [1.807, 2.05) is 30.4 Å². The molecule has 2 atom stereocenters. The third-order valence-electron chi connectivity index (χ3n) is 5.14. The van der Waals surface area contributed by atoms with Crippen LogP contribution in [-0.4, -0.2) is 46.6 Å². The second-order valence-corrected chi connectivity index (χ2v) is 6.75. The third kappa shape index (κ3) is 3.05. The highest BCUT2D eigenvalue weighted by Gasteiger charge is 2.47. The van der Waals surface area contributed by atoms with Gasteiger partial charge in [0.15, 0.2) is 6.61 Å². The number of Topliss-reactive ketones (excluding diaryl/α,β-unsaturated/α-hetero) is 1. The molecule has 2 heterocycles. The van der Waals surface area contributed by atoms with Crippen molar-refractivity contribution in [1.82, 2.24) is 9.88 Å². The van der Waals surface area contributed by atoms with Crippen molar-refractivity contribution in [3.63, 3.8) is 0 Å². The van der Waals surface area contributed by atoms with Crippen molar-refractivity contribution in [2.75, 3.05) is 13.2 Å². The summed E-state index contributed by atoms with van der Waals surface area (Å²) in [5.74, 6) is -2.57. The Hall–Kier alpha value is -3.22. The van der Waals surface area contributed by atoms with Gasteiger partial charge in [-0.3, -0.25) is 24.1 Å². The van der Waals surface area contributed by atoms with Crippen LogP contribution in [0.1, 0.15) is 23.2 Å². The van der Waals surface area contributed by atoms with E-state index in [2.05, 4.69) is 4.98 Å². The number of aromatic nitrogens is 1. The van der Waals surface area contributed by atoms with E-state index < -0.39 is 19.1 Å². The molecule has 1 fully saturated rings.